The first-order chi connectivity index (χ1) is 14.1. The minimum Gasteiger partial charge on any atom is -0.497 e. The van der Waals surface area contributed by atoms with Gasteiger partial charge in [-0.25, -0.2) is 0 Å². The number of anilines is 1. The molecule has 29 heavy (non-hydrogen) atoms. The maximum atomic E-state index is 12.5. The maximum absolute atomic E-state index is 12.5. The molecule has 3 rings (SSSR count). The molecule has 0 aliphatic heterocycles. The van der Waals surface area contributed by atoms with Crippen LogP contribution in [0.4, 0.5) is 5.69 Å². The summed E-state index contributed by atoms with van der Waals surface area (Å²) in [5, 5.41) is 12.6. The Kier molecular flexibility index (Phi) is 7.70. The van der Waals surface area contributed by atoms with Crippen LogP contribution in [0.25, 0.3) is 0 Å². The molecule has 6 nitrogen and oxygen atoms in total. The predicted molar refractivity (Wildman–Crippen MR) is 125 cm³/mol. The molecule has 0 aliphatic carbocycles. The fourth-order valence-electron chi connectivity index (χ4n) is 2.61. The van der Waals surface area contributed by atoms with Gasteiger partial charge in [-0.2, -0.15) is 0 Å². The largest absolute Gasteiger partial charge is 0.497 e. The monoisotopic (exact) mass is 520 g/mol. The van der Waals surface area contributed by atoms with E-state index in [-0.39, 0.29) is 11.5 Å². The first-order valence-corrected chi connectivity index (χ1v) is 11.0. The number of nitrogens with one attached hydrogen (secondary N) is 1. The van der Waals surface area contributed by atoms with Crippen molar-refractivity contribution in [3.63, 3.8) is 0 Å². The third-order valence-electron chi connectivity index (χ3n) is 4.14. The third-order valence-corrected chi connectivity index (χ3v) is 5.83. The van der Waals surface area contributed by atoms with Crippen LogP contribution >= 0.6 is 34.4 Å². The van der Waals surface area contributed by atoms with Crippen LogP contribution in [-0.2, 0) is 13.1 Å². The smallest absolute Gasteiger partial charge is 0.192 e. The van der Waals surface area contributed by atoms with Gasteiger partial charge < -0.3 is 14.6 Å². The average molecular weight is 520 g/mol. The highest BCUT2D eigenvalue weighted by atomic mass is 127. The normalized spacial score (nSPS) is 10.6. The van der Waals surface area contributed by atoms with Gasteiger partial charge in [0.15, 0.2) is 16.8 Å². The fraction of sp³-hybridized carbons (Fsp3) is 0.190. The number of thioether (sulfide) groups is 1. The molecule has 0 saturated heterocycles. The van der Waals surface area contributed by atoms with Crippen molar-refractivity contribution in [1.29, 1.82) is 0 Å². The van der Waals surface area contributed by atoms with Crippen molar-refractivity contribution < 1.29 is 9.53 Å². The predicted octanol–water partition coefficient (Wildman–Crippen LogP) is 4.66. The van der Waals surface area contributed by atoms with Gasteiger partial charge in [-0.3, -0.25) is 4.79 Å². The van der Waals surface area contributed by atoms with E-state index in [1.54, 1.807) is 37.5 Å². The van der Waals surface area contributed by atoms with Crippen LogP contribution in [0.3, 0.4) is 0 Å². The molecule has 1 aromatic heterocycles. The van der Waals surface area contributed by atoms with Crippen molar-refractivity contribution in [1.82, 2.24) is 14.8 Å². The van der Waals surface area contributed by atoms with Gasteiger partial charge in [0, 0.05) is 21.4 Å². The Morgan fingerprint density at radius 1 is 1.21 bits per heavy atom. The summed E-state index contributed by atoms with van der Waals surface area (Å²) in [6.07, 6.45) is 1.80. The lowest BCUT2D eigenvalue weighted by atomic mass is 10.1. The molecule has 150 valence electrons. The van der Waals surface area contributed by atoms with Crippen LogP contribution in [0.1, 0.15) is 16.2 Å². The number of hydrogen-bond acceptors (Lipinski definition) is 6. The summed E-state index contributed by atoms with van der Waals surface area (Å²) in [6.45, 7) is 4.93. The van der Waals surface area contributed by atoms with E-state index in [2.05, 4.69) is 44.7 Å². The molecule has 0 atom stereocenters. The minimum absolute atomic E-state index is 0.0318. The zero-order valence-corrected chi connectivity index (χ0v) is 18.9. The summed E-state index contributed by atoms with van der Waals surface area (Å²) >= 11 is 3.65. The number of aromatic nitrogens is 3. The number of carbonyl (C=O) groups excluding carboxylic acids is 1. The number of rotatable bonds is 10. The van der Waals surface area contributed by atoms with Gasteiger partial charge in [0.05, 0.1) is 19.4 Å². The summed E-state index contributed by atoms with van der Waals surface area (Å²) < 4.78 is 8.28. The van der Waals surface area contributed by atoms with E-state index >= 15 is 0 Å². The summed E-state index contributed by atoms with van der Waals surface area (Å²) in [5.74, 6) is 1.84. The quantitative estimate of drug-likeness (QED) is 0.182. The molecule has 0 fully saturated rings. The van der Waals surface area contributed by atoms with Gasteiger partial charge in [-0.1, -0.05) is 17.8 Å². The van der Waals surface area contributed by atoms with Gasteiger partial charge in [0.1, 0.15) is 5.75 Å². The summed E-state index contributed by atoms with van der Waals surface area (Å²) in [5.41, 5.74) is 1.66. The molecule has 1 heterocycles. The number of hydrogen-bond donors (Lipinski definition) is 1. The lowest BCUT2D eigenvalue weighted by Gasteiger charge is -2.09. The molecule has 0 saturated carbocycles. The first kappa shape index (κ1) is 21.4. The average Bonchev–Trinajstić information content (AvgIpc) is 3.13. The number of ether oxygens (including phenoxy) is 1. The van der Waals surface area contributed by atoms with Gasteiger partial charge in [-0.05, 0) is 71.1 Å². The molecular weight excluding hydrogens is 499 g/mol. The highest BCUT2D eigenvalue weighted by molar-refractivity contribution is 14.1. The van der Waals surface area contributed by atoms with Crippen LogP contribution in [0.5, 0.6) is 5.75 Å². The number of halogens is 1. The molecular formula is C21H21IN4O2S. The molecule has 2 aromatic carbocycles. The molecule has 0 radical (unpaired) electrons. The Morgan fingerprint density at radius 3 is 2.59 bits per heavy atom. The van der Waals surface area contributed by atoms with Crippen LogP contribution in [0, 0.1) is 3.57 Å². The Bertz CT molecular complexity index is 971. The zero-order valence-electron chi connectivity index (χ0n) is 16.0. The van der Waals surface area contributed by atoms with Crippen molar-refractivity contribution in [2.24, 2.45) is 0 Å². The lowest BCUT2D eigenvalue weighted by Crippen LogP contribution is -2.10. The van der Waals surface area contributed by atoms with E-state index in [1.165, 1.54) is 15.3 Å². The lowest BCUT2D eigenvalue weighted by molar-refractivity contribution is 0.102. The van der Waals surface area contributed by atoms with Gasteiger partial charge in [0.2, 0.25) is 0 Å². The molecule has 0 bridgehead atoms. The van der Waals surface area contributed by atoms with Crippen LogP contribution in [-0.4, -0.2) is 33.4 Å². The molecule has 1 N–H and O–H groups in total. The van der Waals surface area contributed by atoms with E-state index in [0.29, 0.717) is 23.8 Å². The molecule has 0 spiro atoms. The van der Waals surface area contributed by atoms with Crippen molar-refractivity contribution in [3.8, 4) is 5.75 Å². The first-order valence-electron chi connectivity index (χ1n) is 8.93. The molecule has 0 unspecified atom stereocenters. The third kappa shape index (κ3) is 5.83. The minimum atomic E-state index is 0.0318. The van der Waals surface area contributed by atoms with Crippen LogP contribution in [0.15, 0.2) is 66.3 Å². The van der Waals surface area contributed by atoms with Gasteiger partial charge in [0.25, 0.3) is 0 Å². The number of nitrogens with zero attached hydrogens (tertiary/aromatic N) is 3. The summed E-state index contributed by atoms with van der Waals surface area (Å²) in [7, 11) is 1.60. The van der Waals surface area contributed by atoms with E-state index in [4.69, 9.17) is 4.74 Å². The van der Waals surface area contributed by atoms with Gasteiger partial charge in [-0.15, -0.1) is 16.8 Å². The number of allylic oxidation sites excluding steroid dienone is 1. The molecule has 0 aliphatic rings. The topological polar surface area (TPSA) is 69.0 Å². The molecule has 3 aromatic rings. The second kappa shape index (κ2) is 10.4. The molecule has 0 amide bonds. The van der Waals surface area contributed by atoms with Crippen molar-refractivity contribution in [2.75, 3.05) is 18.2 Å². The van der Waals surface area contributed by atoms with E-state index in [9.17, 15) is 4.79 Å². The SMILES string of the molecule is C=CCn1c(CNc2ccc(I)cc2)nnc1SCC(=O)c1ccc(OC)cc1. The Hall–Kier alpha value is -2.33. The Balaban J connectivity index is 1.64. The second-order valence-electron chi connectivity index (χ2n) is 6.10. The van der Waals surface area contributed by atoms with Crippen LogP contribution in [0.2, 0.25) is 0 Å². The Morgan fingerprint density at radius 2 is 1.93 bits per heavy atom. The summed E-state index contributed by atoms with van der Waals surface area (Å²) in [6, 6.07) is 15.3. The number of ketones is 1. The zero-order chi connectivity index (χ0) is 20.6. The fourth-order valence-corrected chi connectivity index (χ4v) is 3.83. The maximum Gasteiger partial charge on any atom is 0.192 e. The Labute approximate surface area is 187 Å². The summed E-state index contributed by atoms with van der Waals surface area (Å²) in [4.78, 5) is 12.5. The standard InChI is InChI=1S/C21H21IN4O2S/c1-3-12-26-20(13-23-17-8-6-16(22)7-9-17)24-25-21(26)29-14-19(27)15-4-10-18(28-2)11-5-15/h3-11,23H,1,12-14H2,2H3. The van der Waals surface area contributed by atoms with E-state index < -0.39 is 0 Å². The highest BCUT2D eigenvalue weighted by Gasteiger charge is 2.14. The number of methoxy groups -OCH3 is 1. The highest BCUT2D eigenvalue weighted by Crippen LogP contribution is 2.21. The van der Waals surface area contributed by atoms with E-state index in [0.717, 1.165) is 17.3 Å². The van der Waals surface area contributed by atoms with E-state index in [1.807, 2.05) is 28.8 Å². The molecule has 8 heteroatoms. The van der Waals surface area contributed by atoms with Gasteiger partial charge >= 0.3 is 0 Å². The second-order valence-corrected chi connectivity index (χ2v) is 8.29. The van der Waals surface area contributed by atoms with Crippen molar-refractivity contribution in [2.45, 2.75) is 18.2 Å². The number of Topliss-reactive ketones (excluding diaryl/α,β-unsaturated/α-hetero) is 1. The number of benzene rings is 2. The van der Waals surface area contributed by atoms with Crippen molar-refractivity contribution >= 4 is 45.8 Å². The van der Waals surface area contributed by atoms with Crippen LogP contribution < -0.4 is 10.1 Å². The van der Waals surface area contributed by atoms with Crippen molar-refractivity contribution in [3.05, 3.63) is 76.1 Å². The number of carbonyl (C=O) groups is 1.